The zero-order valence-electron chi connectivity index (χ0n) is 6.96. The van der Waals surface area contributed by atoms with E-state index < -0.39 is 0 Å². The molecule has 2 rings (SSSR count). The zero-order valence-corrected chi connectivity index (χ0v) is 6.96. The molecule has 1 aliphatic heterocycles. The Balaban J connectivity index is 2.19. The summed E-state index contributed by atoms with van der Waals surface area (Å²) in [5.41, 5.74) is 0. The molecule has 0 bridgehead atoms. The maximum Gasteiger partial charge on any atom is 0.0295 e. The van der Waals surface area contributed by atoms with Gasteiger partial charge < -0.3 is 5.32 Å². The molecular formula is C10H15N. The van der Waals surface area contributed by atoms with Gasteiger partial charge in [-0.05, 0) is 31.9 Å². The molecule has 0 amide bonds. The van der Waals surface area contributed by atoms with E-state index in [9.17, 15) is 0 Å². The fourth-order valence-electron chi connectivity index (χ4n) is 2.08. The normalized spacial score (nSPS) is 41.4. The fourth-order valence-corrected chi connectivity index (χ4v) is 2.08. The Bertz CT molecular complexity index is 193. The van der Waals surface area contributed by atoms with Crippen molar-refractivity contribution in [3.63, 3.8) is 0 Å². The molecule has 1 nitrogen and oxygen atoms in total. The van der Waals surface area contributed by atoms with E-state index in [1.807, 2.05) is 0 Å². The summed E-state index contributed by atoms with van der Waals surface area (Å²) in [5.74, 6) is 1.55. The van der Waals surface area contributed by atoms with Crippen LogP contribution in [0.5, 0.6) is 0 Å². The van der Waals surface area contributed by atoms with Crippen LogP contribution in [0.15, 0.2) is 24.4 Å². The summed E-state index contributed by atoms with van der Waals surface area (Å²) >= 11 is 0. The minimum Gasteiger partial charge on any atom is -0.388 e. The van der Waals surface area contributed by atoms with Crippen molar-refractivity contribution in [2.45, 2.75) is 25.8 Å². The first-order valence-corrected chi connectivity index (χ1v) is 4.47. The highest BCUT2D eigenvalue weighted by molar-refractivity contribution is 5.10. The number of nitrogens with one attached hydrogen (secondary N) is 1. The van der Waals surface area contributed by atoms with Crippen molar-refractivity contribution in [1.82, 2.24) is 5.32 Å². The van der Waals surface area contributed by atoms with Crippen molar-refractivity contribution in [1.29, 1.82) is 0 Å². The van der Waals surface area contributed by atoms with Gasteiger partial charge in [0.2, 0.25) is 0 Å². The number of hydrogen-bond donors (Lipinski definition) is 1. The Labute approximate surface area is 68.2 Å². The van der Waals surface area contributed by atoms with Crippen LogP contribution in [-0.4, -0.2) is 6.04 Å². The molecule has 0 fully saturated rings. The highest BCUT2D eigenvalue weighted by Crippen LogP contribution is 2.30. The van der Waals surface area contributed by atoms with Crippen LogP contribution in [0.25, 0.3) is 0 Å². The lowest BCUT2D eigenvalue weighted by molar-refractivity contribution is 0.334. The monoisotopic (exact) mass is 149 g/mol. The van der Waals surface area contributed by atoms with Crippen LogP contribution in [0.4, 0.5) is 0 Å². The maximum absolute atomic E-state index is 3.35. The Kier molecular flexibility index (Phi) is 1.72. The molecule has 3 atom stereocenters. The Hall–Kier alpha value is -0.720. The molecule has 0 aromatic rings. The molecule has 11 heavy (non-hydrogen) atoms. The molecule has 0 radical (unpaired) electrons. The summed E-state index contributed by atoms with van der Waals surface area (Å²) in [4.78, 5) is 0. The van der Waals surface area contributed by atoms with Gasteiger partial charge in [0.25, 0.3) is 0 Å². The average Bonchev–Trinajstić information content (AvgIpc) is 2.06. The van der Waals surface area contributed by atoms with Crippen molar-refractivity contribution in [2.75, 3.05) is 0 Å². The van der Waals surface area contributed by atoms with Gasteiger partial charge in [0.1, 0.15) is 0 Å². The lowest BCUT2D eigenvalue weighted by Gasteiger charge is -2.33. The van der Waals surface area contributed by atoms with E-state index in [1.54, 1.807) is 0 Å². The van der Waals surface area contributed by atoms with Gasteiger partial charge in [0.15, 0.2) is 0 Å². The van der Waals surface area contributed by atoms with E-state index in [0.29, 0.717) is 6.04 Å². The van der Waals surface area contributed by atoms with E-state index in [1.165, 1.54) is 12.8 Å². The fraction of sp³-hybridized carbons (Fsp3) is 0.600. The summed E-state index contributed by atoms with van der Waals surface area (Å²) in [6, 6.07) is 0.626. The van der Waals surface area contributed by atoms with Gasteiger partial charge in [-0.15, -0.1) is 0 Å². The third-order valence-corrected chi connectivity index (χ3v) is 2.80. The van der Waals surface area contributed by atoms with E-state index in [-0.39, 0.29) is 0 Å². The van der Waals surface area contributed by atoms with E-state index in [4.69, 9.17) is 0 Å². The molecule has 0 aromatic carbocycles. The number of hydrogen-bond acceptors (Lipinski definition) is 1. The summed E-state index contributed by atoms with van der Waals surface area (Å²) in [5, 5.41) is 3.35. The van der Waals surface area contributed by atoms with Crippen LogP contribution in [0.2, 0.25) is 0 Å². The van der Waals surface area contributed by atoms with Gasteiger partial charge in [0, 0.05) is 12.0 Å². The molecule has 1 heteroatoms. The SMILES string of the molecule is CC1NC=CC2CCC=CC21. The van der Waals surface area contributed by atoms with Crippen LogP contribution < -0.4 is 5.32 Å². The van der Waals surface area contributed by atoms with Crippen molar-refractivity contribution in [3.8, 4) is 0 Å². The second-order valence-electron chi connectivity index (χ2n) is 3.56. The third-order valence-electron chi connectivity index (χ3n) is 2.80. The molecule has 0 saturated carbocycles. The first-order valence-electron chi connectivity index (χ1n) is 4.47. The largest absolute Gasteiger partial charge is 0.388 e. The Morgan fingerprint density at radius 2 is 2.27 bits per heavy atom. The first kappa shape index (κ1) is 6.96. The Morgan fingerprint density at radius 1 is 1.36 bits per heavy atom. The topological polar surface area (TPSA) is 12.0 Å². The maximum atomic E-state index is 3.35. The molecule has 2 aliphatic rings. The predicted molar refractivity (Wildman–Crippen MR) is 47.1 cm³/mol. The molecule has 0 saturated heterocycles. The summed E-state index contributed by atoms with van der Waals surface area (Å²) in [7, 11) is 0. The quantitative estimate of drug-likeness (QED) is 0.520. The van der Waals surface area contributed by atoms with Gasteiger partial charge in [0.05, 0.1) is 0 Å². The van der Waals surface area contributed by atoms with E-state index in [0.717, 1.165) is 11.8 Å². The molecule has 60 valence electrons. The number of allylic oxidation sites excluding steroid dienone is 2. The van der Waals surface area contributed by atoms with Crippen molar-refractivity contribution < 1.29 is 0 Å². The van der Waals surface area contributed by atoms with Gasteiger partial charge >= 0.3 is 0 Å². The van der Waals surface area contributed by atoms with Crippen LogP contribution in [0, 0.1) is 11.8 Å². The smallest absolute Gasteiger partial charge is 0.0295 e. The van der Waals surface area contributed by atoms with Crippen molar-refractivity contribution in [3.05, 3.63) is 24.4 Å². The predicted octanol–water partition coefficient (Wildman–Crippen LogP) is 2.07. The van der Waals surface area contributed by atoms with Gasteiger partial charge in [-0.2, -0.15) is 0 Å². The van der Waals surface area contributed by atoms with E-state index in [2.05, 4.69) is 36.7 Å². The van der Waals surface area contributed by atoms with Crippen LogP contribution >= 0.6 is 0 Å². The minimum atomic E-state index is 0.626. The van der Waals surface area contributed by atoms with E-state index >= 15 is 0 Å². The highest BCUT2D eigenvalue weighted by atomic mass is 14.9. The van der Waals surface area contributed by atoms with Gasteiger partial charge in [-0.25, -0.2) is 0 Å². The molecule has 3 unspecified atom stereocenters. The number of fused-ring (bicyclic) bond motifs is 1. The molecular weight excluding hydrogens is 134 g/mol. The summed E-state index contributed by atoms with van der Waals surface area (Å²) in [6.07, 6.45) is 11.7. The standard InChI is InChI=1S/C10H15N/c1-8-10-5-3-2-4-9(10)6-7-11-8/h3,5-11H,2,4H2,1H3. The third kappa shape index (κ3) is 1.20. The second kappa shape index (κ2) is 2.72. The van der Waals surface area contributed by atoms with Crippen LogP contribution in [-0.2, 0) is 0 Å². The van der Waals surface area contributed by atoms with Crippen LogP contribution in [0.3, 0.4) is 0 Å². The molecule has 0 spiro atoms. The highest BCUT2D eigenvalue weighted by Gasteiger charge is 2.26. The average molecular weight is 149 g/mol. The lowest BCUT2D eigenvalue weighted by atomic mass is 9.78. The lowest BCUT2D eigenvalue weighted by Crippen LogP contribution is -2.37. The summed E-state index contributed by atoms with van der Waals surface area (Å²) in [6.45, 7) is 2.26. The first-order chi connectivity index (χ1) is 5.38. The van der Waals surface area contributed by atoms with Gasteiger partial charge in [-0.1, -0.05) is 18.2 Å². The minimum absolute atomic E-state index is 0.626. The number of rotatable bonds is 0. The zero-order chi connectivity index (χ0) is 7.68. The Morgan fingerprint density at radius 3 is 3.09 bits per heavy atom. The summed E-state index contributed by atoms with van der Waals surface area (Å²) < 4.78 is 0. The van der Waals surface area contributed by atoms with Gasteiger partial charge in [-0.3, -0.25) is 0 Å². The van der Waals surface area contributed by atoms with Crippen LogP contribution in [0.1, 0.15) is 19.8 Å². The molecule has 1 N–H and O–H groups in total. The molecule has 1 aliphatic carbocycles. The second-order valence-corrected chi connectivity index (χ2v) is 3.56. The molecule has 1 heterocycles. The molecule has 0 aromatic heterocycles. The van der Waals surface area contributed by atoms with Crippen molar-refractivity contribution >= 4 is 0 Å². The van der Waals surface area contributed by atoms with Crippen molar-refractivity contribution in [2.24, 2.45) is 11.8 Å².